The van der Waals surface area contributed by atoms with Gasteiger partial charge in [0.1, 0.15) is 0 Å². The maximum atomic E-state index is 2.48. The molecule has 0 bridgehead atoms. The van der Waals surface area contributed by atoms with Gasteiger partial charge in [-0.3, -0.25) is 0 Å². The zero-order chi connectivity index (χ0) is 33.7. The first kappa shape index (κ1) is 29.9. The summed E-state index contributed by atoms with van der Waals surface area (Å²) >= 11 is 3.75. The van der Waals surface area contributed by atoms with Gasteiger partial charge in [0.25, 0.3) is 0 Å². The molecule has 51 heavy (non-hydrogen) atoms. The van der Waals surface area contributed by atoms with Crippen LogP contribution in [0.2, 0.25) is 0 Å². The van der Waals surface area contributed by atoms with Gasteiger partial charge in [-0.2, -0.15) is 0 Å². The summed E-state index contributed by atoms with van der Waals surface area (Å²) in [6, 6.07) is 68.6. The highest BCUT2D eigenvalue weighted by Gasteiger charge is 2.23. The lowest BCUT2D eigenvalue weighted by Crippen LogP contribution is -2.11. The third-order valence-corrected chi connectivity index (χ3v) is 12.2. The van der Waals surface area contributed by atoms with E-state index in [1.165, 1.54) is 79.4 Å². The Hall–Kier alpha value is -6.00. The van der Waals surface area contributed by atoms with Crippen molar-refractivity contribution in [2.75, 3.05) is 4.90 Å². The van der Waals surface area contributed by atoms with Crippen LogP contribution in [-0.4, -0.2) is 0 Å². The highest BCUT2D eigenvalue weighted by molar-refractivity contribution is 7.26. The third kappa shape index (κ3) is 5.21. The zero-order valence-electron chi connectivity index (χ0n) is 27.7. The van der Waals surface area contributed by atoms with Crippen LogP contribution in [-0.2, 0) is 0 Å². The highest BCUT2D eigenvalue weighted by atomic mass is 32.1. The van der Waals surface area contributed by atoms with Gasteiger partial charge < -0.3 is 4.90 Å². The van der Waals surface area contributed by atoms with Gasteiger partial charge in [-0.25, -0.2) is 0 Å². The number of hydrogen-bond donors (Lipinski definition) is 0. The Balaban J connectivity index is 1.19. The van der Waals surface area contributed by atoms with Gasteiger partial charge in [-0.1, -0.05) is 146 Å². The molecule has 0 aliphatic rings. The molecule has 240 valence electrons. The molecular formula is C48H31NS2. The Morgan fingerprint density at radius 2 is 0.863 bits per heavy atom. The Morgan fingerprint density at radius 1 is 0.314 bits per heavy atom. The fourth-order valence-electron chi connectivity index (χ4n) is 7.42. The average Bonchev–Trinajstić information content (AvgIpc) is 3.77. The van der Waals surface area contributed by atoms with Crippen molar-refractivity contribution < 1.29 is 0 Å². The second-order valence-corrected chi connectivity index (χ2v) is 15.0. The molecule has 2 heterocycles. The van der Waals surface area contributed by atoms with Gasteiger partial charge in [0, 0.05) is 52.6 Å². The third-order valence-electron chi connectivity index (χ3n) is 9.88. The Labute approximate surface area is 304 Å². The molecule has 0 saturated heterocycles. The van der Waals surface area contributed by atoms with Crippen molar-refractivity contribution in [1.29, 1.82) is 0 Å². The quantitative estimate of drug-likeness (QED) is 0.168. The van der Waals surface area contributed by atoms with Crippen molar-refractivity contribution in [3.8, 4) is 33.4 Å². The molecule has 0 N–H and O–H groups in total. The summed E-state index contributed by atoms with van der Waals surface area (Å²) in [7, 11) is 0. The Morgan fingerprint density at radius 3 is 1.63 bits per heavy atom. The standard InChI is InChI=1S/C48H31NS2/c1-3-12-32(13-4-1)35-16-11-17-38(30-35)49(37-25-22-33(23-26-37)36-24-27-42-40-18-7-9-20-44(40)50-46(42)31-36)47-39(34-14-5-2-6-15-34)28-29-43-41-19-8-10-21-45(41)51-48(43)47/h1-31H. The summed E-state index contributed by atoms with van der Waals surface area (Å²) in [6.07, 6.45) is 0. The van der Waals surface area contributed by atoms with E-state index in [4.69, 9.17) is 0 Å². The molecule has 0 amide bonds. The number of hydrogen-bond acceptors (Lipinski definition) is 3. The maximum Gasteiger partial charge on any atom is 0.0718 e. The first-order valence-electron chi connectivity index (χ1n) is 17.3. The molecule has 0 spiro atoms. The number of anilines is 3. The number of fused-ring (bicyclic) bond motifs is 6. The summed E-state index contributed by atoms with van der Waals surface area (Å²) in [5.74, 6) is 0. The molecule has 0 fully saturated rings. The van der Waals surface area contributed by atoms with E-state index in [1.807, 2.05) is 22.7 Å². The highest BCUT2D eigenvalue weighted by Crippen LogP contribution is 2.50. The first-order chi connectivity index (χ1) is 25.3. The van der Waals surface area contributed by atoms with E-state index in [2.05, 4.69) is 193 Å². The summed E-state index contributed by atoms with van der Waals surface area (Å²) in [6.45, 7) is 0. The fourth-order valence-corrected chi connectivity index (χ4v) is 9.80. The molecule has 0 saturated carbocycles. The monoisotopic (exact) mass is 685 g/mol. The minimum absolute atomic E-state index is 1.12. The molecular weight excluding hydrogens is 655 g/mol. The van der Waals surface area contributed by atoms with Gasteiger partial charge >= 0.3 is 0 Å². The smallest absolute Gasteiger partial charge is 0.0718 e. The molecule has 0 radical (unpaired) electrons. The van der Waals surface area contributed by atoms with E-state index in [1.54, 1.807) is 0 Å². The largest absolute Gasteiger partial charge is 0.308 e. The molecule has 3 heteroatoms. The topological polar surface area (TPSA) is 3.24 Å². The first-order valence-corrected chi connectivity index (χ1v) is 18.9. The number of thiophene rings is 2. The van der Waals surface area contributed by atoms with Crippen molar-refractivity contribution in [3.63, 3.8) is 0 Å². The molecule has 0 aliphatic heterocycles. The second-order valence-electron chi connectivity index (χ2n) is 12.9. The number of benzene rings is 8. The van der Waals surface area contributed by atoms with Crippen LogP contribution in [0.4, 0.5) is 17.1 Å². The van der Waals surface area contributed by atoms with Gasteiger partial charge in [0.15, 0.2) is 0 Å². The second kappa shape index (κ2) is 12.4. The number of rotatable bonds is 6. The molecule has 2 aromatic heterocycles. The molecule has 0 aliphatic carbocycles. The van der Waals surface area contributed by atoms with Crippen LogP contribution in [0.25, 0.3) is 73.7 Å². The predicted octanol–water partition coefficient (Wildman–Crippen LogP) is 14.9. The van der Waals surface area contributed by atoms with E-state index in [0.29, 0.717) is 0 Å². The molecule has 10 rings (SSSR count). The lowest BCUT2D eigenvalue weighted by atomic mass is 9.98. The van der Waals surface area contributed by atoms with E-state index < -0.39 is 0 Å². The van der Waals surface area contributed by atoms with Crippen molar-refractivity contribution in [2.24, 2.45) is 0 Å². The van der Waals surface area contributed by atoms with E-state index in [-0.39, 0.29) is 0 Å². The molecule has 10 aromatic rings. The van der Waals surface area contributed by atoms with E-state index >= 15 is 0 Å². The number of nitrogens with zero attached hydrogens (tertiary/aromatic N) is 1. The summed E-state index contributed by atoms with van der Waals surface area (Å²) in [4.78, 5) is 2.48. The lowest BCUT2D eigenvalue weighted by molar-refractivity contribution is 1.30. The molecule has 0 unspecified atom stereocenters. The minimum Gasteiger partial charge on any atom is -0.308 e. The Kier molecular flexibility index (Phi) is 7.26. The summed E-state index contributed by atoms with van der Waals surface area (Å²) in [5.41, 5.74) is 10.7. The van der Waals surface area contributed by atoms with Crippen molar-refractivity contribution in [3.05, 3.63) is 188 Å². The van der Waals surface area contributed by atoms with Gasteiger partial charge in [0.05, 0.1) is 10.4 Å². The minimum atomic E-state index is 1.12. The molecule has 0 atom stereocenters. The normalized spacial score (nSPS) is 11.5. The SMILES string of the molecule is c1ccc(-c2cccc(N(c3ccc(-c4ccc5c(c4)sc4ccccc45)cc3)c3c(-c4ccccc4)ccc4c3sc3ccccc34)c2)cc1. The zero-order valence-corrected chi connectivity index (χ0v) is 29.3. The summed E-state index contributed by atoms with van der Waals surface area (Å²) in [5, 5.41) is 5.23. The van der Waals surface area contributed by atoms with Crippen molar-refractivity contribution in [2.45, 2.75) is 0 Å². The lowest BCUT2D eigenvalue weighted by Gasteiger charge is -2.29. The van der Waals surface area contributed by atoms with Crippen molar-refractivity contribution in [1.82, 2.24) is 0 Å². The van der Waals surface area contributed by atoms with Gasteiger partial charge in [-0.15, -0.1) is 22.7 Å². The van der Waals surface area contributed by atoms with Gasteiger partial charge in [-0.05, 0) is 70.3 Å². The molecule has 1 nitrogen and oxygen atoms in total. The van der Waals surface area contributed by atoms with Crippen LogP contribution in [0, 0.1) is 0 Å². The van der Waals surface area contributed by atoms with Crippen LogP contribution in [0.3, 0.4) is 0 Å². The predicted molar refractivity (Wildman–Crippen MR) is 223 cm³/mol. The summed E-state index contributed by atoms with van der Waals surface area (Å²) < 4.78 is 5.23. The fraction of sp³-hybridized carbons (Fsp3) is 0. The van der Waals surface area contributed by atoms with Gasteiger partial charge in [0.2, 0.25) is 0 Å². The van der Waals surface area contributed by atoms with Crippen LogP contribution in [0.1, 0.15) is 0 Å². The average molecular weight is 686 g/mol. The van der Waals surface area contributed by atoms with E-state index in [0.717, 1.165) is 11.4 Å². The van der Waals surface area contributed by atoms with Crippen LogP contribution >= 0.6 is 22.7 Å². The Bertz CT molecular complexity index is 2850. The van der Waals surface area contributed by atoms with E-state index in [9.17, 15) is 0 Å². The van der Waals surface area contributed by atoms with Crippen LogP contribution < -0.4 is 4.90 Å². The molecule has 8 aromatic carbocycles. The van der Waals surface area contributed by atoms with Crippen molar-refractivity contribution >= 4 is 80.1 Å². The van der Waals surface area contributed by atoms with Crippen LogP contribution in [0.5, 0.6) is 0 Å². The van der Waals surface area contributed by atoms with Crippen LogP contribution in [0.15, 0.2) is 188 Å². The maximum absolute atomic E-state index is 2.48.